The molecule has 9 heteroatoms. The van der Waals surface area contributed by atoms with Crippen LogP contribution in [0.15, 0.2) is 48.5 Å². The van der Waals surface area contributed by atoms with Crippen molar-refractivity contribution < 1.29 is 34.0 Å². The normalized spacial score (nSPS) is 22.2. The second-order valence-electron chi connectivity index (χ2n) is 9.88. The third-order valence-corrected chi connectivity index (χ3v) is 6.97. The second-order valence-corrected chi connectivity index (χ2v) is 9.88. The number of aliphatic carboxylic acids is 1. The molecule has 0 saturated carbocycles. The van der Waals surface area contributed by atoms with Crippen LogP contribution in [0, 0.1) is 0 Å². The molecule has 0 aliphatic carbocycles. The summed E-state index contributed by atoms with van der Waals surface area (Å²) in [7, 11) is 0. The number of rotatable bonds is 12. The number of benzene rings is 2. The zero-order chi connectivity index (χ0) is 26.7. The van der Waals surface area contributed by atoms with E-state index in [0.717, 1.165) is 61.5 Å². The lowest BCUT2D eigenvalue weighted by atomic mass is 9.99. The summed E-state index contributed by atoms with van der Waals surface area (Å²) in [5.41, 5.74) is 3.80. The number of hydrogen-bond donors (Lipinski definition) is 3. The van der Waals surface area contributed by atoms with E-state index in [1.807, 2.05) is 48.5 Å². The van der Waals surface area contributed by atoms with Crippen molar-refractivity contribution in [2.75, 3.05) is 32.8 Å². The molecule has 206 valence electrons. The van der Waals surface area contributed by atoms with E-state index in [1.165, 1.54) is 0 Å². The van der Waals surface area contributed by atoms with Crippen molar-refractivity contribution in [3.8, 4) is 0 Å². The highest BCUT2D eigenvalue weighted by Crippen LogP contribution is 2.38. The Balaban J connectivity index is 1.36. The number of aliphatic hydroxyl groups is 1. The summed E-state index contributed by atoms with van der Waals surface area (Å²) in [6.45, 7) is 4.48. The van der Waals surface area contributed by atoms with E-state index in [-0.39, 0.29) is 31.1 Å². The maximum absolute atomic E-state index is 12.1. The summed E-state index contributed by atoms with van der Waals surface area (Å²) in [5.74, 6) is -0.922. The van der Waals surface area contributed by atoms with Crippen LogP contribution in [0.3, 0.4) is 0 Å². The fourth-order valence-corrected chi connectivity index (χ4v) is 4.75. The highest BCUT2D eigenvalue weighted by atomic mass is 16.7. The Bertz CT molecular complexity index is 1020. The van der Waals surface area contributed by atoms with Crippen LogP contribution in [0.2, 0.25) is 0 Å². The molecule has 0 bridgehead atoms. The minimum Gasteiger partial charge on any atom is -0.481 e. The van der Waals surface area contributed by atoms with Gasteiger partial charge in [-0.3, -0.25) is 14.5 Å². The van der Waals surface area contributed by atoms with Gasteiger partial charge < -0.3 is 29.7 Å². The second kappa shape index (κ2) is 14.4. The summed E-state index contributed by atoms with van der Waals surface area (Å²) >= 11 is 0. The number of ether oxygens (including phenoxy) is 3. The van der Waals surface area contributed by atoms with Gasteiger partial charge in [0.1, 0.15) is 0 Å². The monoisotopic (exact) mass is 526 g/mol. The van der Waals surface area contributed by atoms with Crippen LogP contribution in [0.1, 0.15) is 66.8 Å². The predicted molar refractivity (Wildman–Crippen MR) is 140 cm³/mol. The zero-order valence-corrected chi connectivity index (χ0v) is 21.7. The molecular formula is C29H38N2O7. The largest absolute Gasteiger partial charge is 0.481 e. The van der Waals surface area contributed by atoms with Crippen LogP contribution < -0.4 is 5.32 Å². The number of unbranched alkanes of at least 4 members (excludes halogenated alkanes) is 1. The maximum atomic E-state index is 12.1. The van der Waals surface area contributed by atoms with Crippen LogP contribution >= 0.6 is 0 Å². The Labute approximate surface area is 223 Å². The zero-order valence-electron chi connectivity index (χ0n) is 21.7. The van der Waals surface area contributed by atoms with Crippen molar-refractivity contribution in [3.63, 3.8) is 0 Å². The van der Waals surface area contributed by atoms with Gasteiger partial charge in [0.25, 0.3) is 0 Å². The number of carbonyl (C=O) groups is 2. The summed E-state index contributed by atoms with van der Waals surface area (Å²) in [6.07, 6.45) is 1.55. The number of amides is 1. The van der Waals surface area contributed by atoms with Crippen molar-refractivity contribution in [1.29, 1.82) is 0 Å². The first-order valence-electron chi connectivity index (χ1n) is 13.4. The van der Waals surface area contributed by atoms with Crippen molar-refractivity contribution in [1.82, 2.24) is 10.2 Å². The minimum atomic E-state index is -0.838. The fourth-order valence-electron chi connectivity index (χ4n) is 4.75. The fraction of sp³-hybridized carbons (Fsp3) is 0.517. The van der Waals surface area contributed by atoms with Gasteiger partial charge in [0, 0.05) is 51.0 Å². The van der Waals surface area contributed by atoms with Gasteiger partial charge in [0.05, 0.1) is 32.0 Å². The number of carboxylic acid groups (broad SMARTS) is 1. The van der Waals surface area contributed by atoms with Gasteiger partial charge in [-0.05, 0) is 29.5 Å². The number of aliphatic hydroxyl groups excluding tert-OH is 1. The number of nitrogens with zero attached hydrogens (tertiary/aromatic N) is 1. The lowest BCUT2D eigenvalue weighted by Gasteiger charge is -2.39. The first-order chi connectivity index (χ1) is 18.5. The van der Waals surface area contributed by atoms with E-state index in [4.69, 9.17) is 19.3 Å². The highest BCUT2D eigenvalue weighted by Gasteiger charge is 2.33. The Kier molecular flexibility index (Phi) is 10.7. The molecule has 0 aromatic heterocycles. The molecule has 2 aliphatic rings. The molecule has 2 saturated heterocycles. The molecule has 2 fully saturated rings. The number of morpholine rings is 1. The SMILES string of the molecule is O=C(O)CCCCC(=O)NCc1ccc(C2OC(CN3CCOCC3)CC(c3ccc(CO)cc3)O2)cc1. The van der Waals surface area contributed by atoms with Crippen LogP contribution in [0.25, 0.3) is 0 Å². The molecule has 4 rings (SSSR count). The Morgan fingerprint density at radius 3 is 2.24 bits per heavy atom. The van der Waals surface area contributed by atoms with Gasteiger partial charge >= 0.3 is 5.97 Å². The van der Waals surface area contributed by atoms with Crippen molar-refractivity contribution in [2.45, 2.75) is 63.8 Å². The first-order valence-corrected chi connectivity index (χ1v) is 13.4. The maximum Gasteiger partial charge on any atom is 0.303 e. The quantitative estimate of drug-likeness (QED) is 0.361. The van der Waals surface area contributed by atoms with Crippen LogP contribution in [0.5, 0.6) is 0 Å². The third-order valence-electron chi connectivity index (χ3n) is 6.97. The molecule has 1 amide bonds. The van der Waals surface area contributed by atoms with Crippen molar-refractivity contribution in [2.24, 2.45) is 0 Å². The predicted octanol–water partition coefficient (Wildman–Crippen LogP) is 3.32. The first kappa shape index (κ1) is 28.2. The van der Waals surface area contributed by atoms with E-state index < -0.39 is 12.3 Å². The van der Waals surface area contributed by atoms with Crippen LogP contribution in [-0.4, -0.2) is 65.9 Å². The molecule has 0 spiro atoms. The molecule has 2 aromatic rings. The van der Waals surface area contributed by atoms with Crippen molar-refractivity contribution in [3.05, 3.63) is 70.8 Å². The summed E-state index contributed by atoms with van der Waals surface area (Å²) in [4.78, 5) is 25.0. The topological polar surface area (TPSA) is 118 Å². The molecular weight excluding hydrogens is 488 g/mol. The van der Waals surface area contributed by atoms with Gasteiger partial charge in [0.2, 0.25) is 5.91 Å². The van der Waals surface area contributed by atoms with Crippen LogP contribution in [0.4, 0.5) is 0 Å². The average molecular weight is 527 g/mol. The molecule has 0 radical (unpaired) electrons. The smallest absolute Gasteiger partial charge is 0.303 e. The molecule has 3 atom stereocenters. The average Bonchev–Trinajstić information content (AvgIpc) is 2.95. The number of carbonyl (C=O) groups excluding carboxylic acids is 1. The van der Waals surface area contributed by atoms with Gasteiger partial charge in [-0.1, -0.05) is 48.5 Å². The van der Waals surface area contributed by atoms with E-state index in [9.17, 15) is 14.7 Å². The number of nitrogens with one attached hydrogen (secondary N) is 1. The number of hydrogen-bond acceptors (Lipinski definition) is 7. The Morgan fingerprint density at radius 1 is 0.895 bits per heavy atom. The van der Waals surface area contributed by atoms with Gasteiger partial charge in [-0.25, -0.2) is 0 Å². The lowest BCUT2D eigenvalue weighted by Crippen LogP contribution is -2.44. The standard InChI is InChI=1S/C29H38N2O7/c32-20-22-7-9-23(10-8-22)26-17-25(19-31-13-15-36-16-14-31)37-29(38-26)24-11-5-21(6-12-24)18-30-27(33)3-1-2-4-28(34)35/h5-12,25-26,29,32H,1-4,13-20H2,(H,30,33)(H,34,35). The highest BCUT2D eigenvalue weighted by molar-refractivity contribution is 5.75. The Morgan fingerprint density at radius 2 is 1.55 bits per heavy atom. The number of carboxylic acids is 1. The van der Waals surface area contributed by atoms with Gasteiger partial charge in [-0.15, -0.1) is 0 Å². The van der Waals surface area contributed by atoms with Gasteiger partial charge in [0.15, 0.2) is 6.29 Å². The molecule has 38 heavy (non-hydrogen) atoms. The molecule has 2 heterocycles. The molecule has 3 unspecified atom stereocenters. The minimum absolute atomic E-state index is 0.00513. The summed E-state index contributed by atoms with van der Waals surface area (Å²) in [6, 6.07) is 15.7. The van der Waals surface area contributed by atoms with E-state index in [0.29, 0.717) is 25.8 Å². The van der Waals surface area contributed by atoms with Crippen molar-refractivity contribution >= 4 is 11.9 Å². The third kappa shape index (κ3) is 8.61. The van der Waals surface area contributed by atoms with Gasteiger partial charge in [-0.2, -0.15) is 0 Å². The van der Waals surface area contributed by atoms with Crippen LogP contribution in [-0.2, 0) is 37.0 Å². The molecule has 2 aromatic carbocycles. The Hall–Kier alpha value is -2.82. The van der Waals surface area contributed by atoms with E-state index in [2.05, 4.69) is 10.2 Å². The summed E-state index contributed by atoms with van der Waals surface area (Å²) < 4.78 is 18.3. The molecule has 9 nitrogen and oxygen atoms in total. The molecule has 2 aliphatic heterocycles. The molecule has 3 N–H and O–H groups in total. The van der Waals surface area contributed by atoms with E-state index >= 15 is 0 Å². The lowest BCUT2D eigenvalue weighted by molar-refractivity contribution is -0.253. The van der Waals surface area contributed by atoms with E-state index in [1.54, 1.807) is 0 Å². The summed E-state index contributed by atoms with van der Waals surface area (Å²) in [5, 5.41) is 21.0.